The number of carbonyl (C=O) groups excluding carboxylic acids is 2. The molecule has 2 heterocycles. The highest BCUT2D eigenvalue weighted by molar-refractivity contribution is 5.97. The van der Waals surface area contributed by atoms with Gasteiger partial charge in [0.2, 0.25) is 6.79 Å². The highest BCUT2D eigenvalue weighted by Crippen LogP contribution is 2.33. The summed E-state index contributed by atoms with van der Waals surface area (Å²) in [4.78, 5) is 26.1. The van der Waals surface area contributed by atoms with Crippen LogP contribution in [0.4, 0.5) is 0 Å². The zero-order valence-corrected chi connectivity index (χ0v) is 11.8. The third-order valence-corrected chi connectivity index (χ3v) is 3.69. The first-order valence-electron chi connectivity index (χ1n) is 7.08. The van der Waals surface area contributed by atoms with Crippen molar-refractivity contribution in [2.24, 2.45) is 0 Å². The number of rotatable bonds is 3. The van der Waals surface area contributed by atoms with Gasteiger partial charge in [0.05, 0.1) is 6.61 Å². The molecule has 1 fully saturated rings. The van der Waals surface area contributed by atoms with Crippen LogP contribution in [0.1, 0.15) is 30.1 Å². The average molecular weight is 291 g/mol. The Hall–Kier alpha value is -2.24. The van der Waals surface area contributed by atoms with E-state index in [4.69, 9.17) is 14.2 Å². The van der Waals surface area contributed by atoms with Gasteiger partial charge in [-0.15, -0.1) is 0 Å². The number of likely N-dealkylation sites (tertiary alicyclic amines) is 1. The Kier molecular flexibility index (Phi) is 3.68. The molecule has 0 N–H and O–H groups in total. The average Bonchev–Trinajstić information content (AvgIpc) is 3.14. The minimum atomic E-state index is -0.483. The van der Waals surface area contributed by atoms with E-state index in [1.165, 1.54) is 0 Å². The SMILES string of the molecule is CCOC(=O)C1CCCN1C(=O)c1ccc2c(c1)OCO2. The van der Waals surface area contributed by atoms with Crippen molar-refractivity contribution < 1.29 is 23.8 Å². The number of fused-ring (bicyclic) bond motifs is 1. The van der Waals surface area contributed by atoms with Gasteiger partial charge in [-0.2, -0.15) is 0 Å². The van der Waals surface area contributed by atoms with E-state index in [0.29, 0.717) is 36.6 Å². The quantitative estimate of drug-likeness (QED) is 0.791. The van der Waals surface area contributed by atoms with Gasteiger partial charge in [-0.25, -0.2) is 4.79 Å². The molecule has 1 amide bonds. The van der Waals surface area contributed by atoms with Crippen molar-refractivity contribution in [3.63, 3.8) is 0 Å². The molecule has 0 radical (unpaired) electrons. The van der Waals surface area contributed by atoms with E-state index < -0.39 is 6.04 Å². The Morgan fingerprint density at radius 3 is 2.95 bits per heavy atom. The number of benzene rings is 1. The minimum Gasteiger partial charge on any atom is -0.464 e. The number of amides is 1. The first kappa shape index (κ1) is 13.7. The molecule has 21 heavy (non-hydrogen) atoms. The second kappa shape index (κ2) is 5.63. The number of nitrogens with zero attached hydrogens (tertiary/aromatic N) is 1. The summed E-state index contributed by atoms with van der Waals surface area (Å²) in [6.45, 7) is 2.82. The first-order chi connectivity index (χ1) is 10.2. The summed E-state index contributed by atoms with van der Waals surface area (Å²) < 4.78 is 15.5. The molecule has 1 saturated heterocycles. The van der Waals surface area contributed by atoms with Crippen LogP contribution in [0.5, 0.6) is 11.5 Å². The van der Waals surface area contributed by atoms with Gasteiger partial charge in [0.1, 0.15) is 6.04 Å². The van der Waals surface area contributed by atoms with E-state index in [2.05, 4.69) is 0 Å². The maximum atomic E-state index is 12.6. The lowest BCUT2D eigenvalue weighted by atomic mass is 10.1. The normalized spacial score (nSPS) is 19.7. The second-order valence-corrected chi connectivity index (χ2v) is 4.98. The van der Waals surface area contributed by atoms with Crippen LogP contribution in [0.25, 0.3) is 0 Å². The van der Waals surface area contributed by atoms with E-state index in [0.717, 1.165) is 6.42 Å². The van der Waals surface area contributed by atoms with Gasteiger partial charge in [-0.1, -0.05) is 0 Å². The Morgan fingerprint density at radius 2 is 2.14 bits per heavy atom. The molecule has 0 aromatic heterocycles. The Labute approximate surface area is 122 Å². The van der Waals surface area contributed by atoms with Crippen LogP contribution in [0, 0.1) is 0 Å². The Bertz CT molecular complexity index is 571. The summed E-state index contributed by atoms with van der Waals surface area (Å²) in [6, 6.07) is 4.58. The van der Waals surface area contributed by atoms with E-state index in [1.54, 1.807) is 30.0 Å². The van der Waals surface area contributed by atoms with Gasteiger partial charge >= 0.3 is 5.97 Å². The van der Waals surface area contributed by atoms with Crippen molar-refractivity contribution in [1.82, 2.24) is 4.90 Å². The third kappa shape index (κ3) is 2.53. The number of esters is 1. The van der Waals surface area contributed by atoms with Crippen LogP contribution in [0.3, 0.4) is 0 Å². The lowest BCUT2D eigenvalue weighted by Gasteiger charge is -2.23. The molecule has 3 rings (SSSR count). The largest absolute Gasteiger partial charge is 0.464 e. The van der Waals surface area contributed by atoms with E-state index in [9.17, 15) is 9.59 Å². The molecule has 0 aliphatic carbocycles. The van der Waals surface area contributed by atoms with Crippen molar-refractivity contribution in [2.45, 2.75) is 25.8 Å². The Morgan fingerprint density at radius 1 is 1.33 bits per heavy atom. The predicted molar refractivity (Wildman–Crippen MR) is 73.3 cm³/mol. The molecule has 2 aliphatic rings. The molecule has 1 unspecified atom stereocenters. The molecule has 6 nitrogen and oxygen atoms in total. The van der Waals surface area contributed by atoms with Crippen LogP contribution < -0.4 is 9.47 Å². The van der Waals surface area contributed by atoms with Crippen LogP contribution in [-0.4, -0.2) is 42.8 Å². The molecule has 1 atom stereocenters. The molecule has 1 aromatic rings. The maximum absolute atomic E-state index is 12.6. The topological polar surface area (TPSA) is 65.1 Å². The van der Waals surface area contributed by atoms with Crippen LogP contribution >= 0.6 is 0 Å². The highest BCUT2D eigenvalue weighted by Gasteiger charge is 2.35. The molecular weight excluding hydrogens is 274 g/mol. The summed E-state index contributed by atoms with van der Waals surface area (Å²) in [5, 5.41) is 0. The van der Waals surface area contributed by atoms with Crippen molar-refractivity contribution in [3.8, 4) is 11.5 Å². The summed E-state index contributed by atoms with van der Waals surface area (Å²) in [5.41, 5.74) is 0.496. The van der Waals surface area contributed by atoms with Crippen LogP contribution in [0.15, 0.2) is 18.2 Å². The fourth-order valence-corrected chi connectivity index (χ4v) is 2.69. The van der Waals surface area contributed by atoms with Gasteiger partial charge in [0.25, 0.3) is 5.91 Å². The number of carbonyl (C=O) groups is 2. The monoisotopic (exact) mass is 291 g/mol. The standard InChI is InChI=1S/C15H17NO5/c1-2-19-15(18)11-4-3-7-16(11)14(17)10-5-6-12-13(8-10)21-9-20-12/h5-6,8,11H,2-4,7,9H2,1H3. The molecule has 1 aromatic carbocycles. The summed E-state index contributed by atoms with van der Waals surface area (Å²) in [6.07, 6.45) is 1.45. The van der Waals surface area contributed by atoms with Gasteiger partial charge in [-0.05, 0) is 38.0 Å². The molecular formula is C15H17NO5. The fraction of sp³-hybridized carbons (Fsp3) is 0.467. The lowest BCUT2D eigenvalue weighted by Crippen LogP contribution is -2.41. The number of ether oxygens (including phenoxy) is 3. The smallest absolute Gasteiger partial charge is 0.328 e. The fourth-order valence-electron chi connectivity index (χ4n) is 2.69. The predicted octanol–water partition coefficient (Wildman–Crippen LogP) is 1.58. The minimum absolute atomic E-state index is 0.169. The van der Waals surface area contributed by atoms with Crippen molar-refractivity contribution in [1.29, 1.82) is 0 Å². The maximum Gasteiger partial charge on any atom is 0.328 e. The van der Waals surface area contributed by atoms with E-state index >= 15 is 0 Å². The summed E-state index contributed by atoms with van der Waals surface area (Å²) in [7, 11) is 0. The van der Waals surface area contributed by atoms with Crippen molar-refractivity contribution >= 4 is 11.9 Å². The summed E-state index contributed by atoms with van der Waals surface area (Å²) >= 11 is 0. The molecule has 6 heteroatoms. The number of hydrogen-bond acceptors (Lipinski definition) is 5. The summed E-state index contributed by atoms with van der Waals surface area (Å²) in [5.74, 6) is 0.690. The molecule has 0 bridgehead atoms. The van der Waals surface area contributed by atoms with Gasteiger partial charge < -0.3 is 19.1 Å². The van der Waals surface area contributed by atoms with Crippen LogP contribution in [0.2, 0.25) is 0 Å². The van der Waals surface area contributed by atoms with E-state index in [1.807, 2.05) is 0 Å². The van der Waals surface area contributed by atoms with Gasteiger partial charge in [0.15, 0.2) is 11.5 Å². The highest BCUT2D eigenvalue weighted by atomic mass is 16.7. The van der Waals surface area contributed by atoms with Gasteiger partial charge in [0, 0.05) is 12.1 Å². The third-order valence-electron chi connectivity index (χ3n) is 3.69. The zero-order chi connectivity index (χ0) is 14.8. The van der Waals surface area contributed by atoms with Crippen molar-refractivity contribution in [2.75, 3.05) is 19.9 Å². The zero-order valence-electron chi connectivity index (χ0n) is 11.8. The van der Waals surface area contributed by atoms with Crippen LogP contribution in [-0.2, 0) is 9.53 Å². The second-order valence-electron chi connectivity index (χ2n) is 4.98. The lowest BCUT2D eigenvalue weighted by molar-refractivity contribution is -0.147. The number of hydrogen-bond donors (Lipinski definition) is 0. The molecule has 0 saturated carbocycles. The molecule has 112 valence electrons. The van der Waals surface area contributed by atoms with E-state index in [-0.39, 0.29) is 18.7 Å². The Balaban J connectivity index is 1.79. The molecule has 0 spiro atoms. The van der Waals surface area contributed by atoms with Gasteiger partial charge in [-0.3, -0.25) is 4.79 Å². The molecule has 2 aliphatic heterocycles. The first-order valence-corrected chi connectivity index (χ1v) is 7.08. The van der Waals surface area contributed by atoms with Crippen molar-refractivity contribution in [3.05, 3.63) is 23.8 Å².